The van der Waals surface area contributed by atoms with Crippen LogP contribution in [0.2, 0.25) is 0 Å². The highest BCUT2D eigenvalue weighted by molar-refractivity contribution is 5.68. The molecule has 1 saturated heterocycles. The molecule has 0 radical (unpaired) electrons. The summed E-state index contributed by atoms with van der Waals surface area (Å²) in [7, 11) is 0. The average molecular weight is 374 g/mol. The number of nitrogens with zero attached hydrogens (tertiary/aromatic N) is 4. The number of rotatable bonds is 3. The molecule has 1 unspecified atom stereocenters. The topological polar surface area (TPSA) is 99.7 Å². The lowest BCUT2D eigenvalue weighted by molar-refractivity contribution is -0.385. The van der Waals surface area contributed by atoms with Crippen LogP contribution in [0.4, 0.5) is 10.5 Å². The second-order valence-electron chi connectivity index (χ2n) is 7.91. The first kappa shape index (κ1) is 20.6. The van der Waals surface area contributed by atoms with E-state index in [9.17, 15) is 14.9 Å². The van der Waals surface area contributed by atoms with Crippen molar-refractivity contribution in [2.75, 3.05) is 19.6 Å². The summed E-state index contributed by atoms with van der Waals surface area (Å²) >= 11 is 0. The van der Waals surface area contributed by atoms with Crippen molar-refractivity contribution in [1.29, 1.82) is 5.26 Å². The lowest BCUT2D eigenvalue weighted by atomic mass is 10.0. The van der Waals surface area contributed by atoms with Gasteiger partial charge in [0.05, 0.1) is 16.6 Å². The third-order valence-electron chi connectivity index (χ3n) is 4.55. The highest BCUT2D eigenvalue weighted by Gasteiger charge is 2.31. The third-order valence-corrected chi connectivity index (χ3v) is 4.55. The number of carbonyl (C=O) groups excluding carboxylic acids is 1. The van der Waals surface area contributed by atoms with Gasteiger partial charge in [0.1, 0.15) is 5.60 Å². The second-order valence-corrected chi connectivity index (χ2v) is 7.91. The monoisotopic (exact) mass is 374 g/mol. The van der Waals surface area contributed by atoms with E-state index in [4.69, 9.17) is 10.00 Å². The van der Waals surface area contributed by atoms with Gasteiger partial charge in [-0.05, 0) is 46.2 Å². The molecule has 27 heavy (non-hydrogen) atoms. The van der Waals surface area contributed by atoms with Crippen molar-refractivity contribution in [2.45, 2.75) is 52.8 Å². The molecule has 0 bridgehead atoms. The molecular formula is C19H26N4O4. The van der Waals surface area contributed by atoms with Gasteiger partial charge in [-0.2, -0.15) is 5.26 Å². The van der Waals surface area contributed by atoms with Crippen LogP contribution in [0.1, 0.15) is 44.4 Å². The summed E-state index contributed by atoms with van der Waals surface area (Å²) in [4.78, 5) is 27.0. The summed E-state index contributed by atoms with van der Waals surface area (Å²) < 4.78 is 5.45. The highest BCUT2D eigenvalue weighted by Crippen LogP contribution is 2.26. The third kappa shape index (κ3) is 5.17. The van der Waals surface area contributed by atoms with Gasteiger partial charge >= 0.3 is 6.09 Å². The number of nitriles is 1. The number of carbonyl (C=O) groups is 1. The van der Waals surface area contributed by atoms with Crippen molar-refractivity contribution in [3.63, 3.8) is 0 Å². The van der Waals surface area contributed by atoms with Gasteiger partial charge in [-0.15, -0.1) is 0 Å². The first-order chi connectivity index (χ1) is 12.5. The Balaban J connectivity index is 2.11. The second kappa shape index (κ2) is 7.92. The molecular weight excluding hydrogens is 348 g/mol. The Kier molecular flexibility index (Phi) is 6.06. The normalized spacial score (nSPS) is 18.1. The Labute approximate surface area is 159 Å². The van der Waals surface area contributed by atoms with Gasteiger partial charge in [0, 0.05) is 43.9 Å². The quantitative estimate of drug-likeness (QED) is 0.595. The molecule has 0 N–H and O–H groups in total. The van der Waals surface area contributed by atoms with Gasteiger partial charge in [0.25, 0.3) is 5.69 Å². The van der Waals surface area contributed by atoms with Crippen molar-refractivity contribution >= 4 is 11.8 Å². The Morgan fingerprint density at radius 2 is 2.07 bits per heavy atom. The molecule has 1 aliphatic heterocycles. The van der Waals surface area contributed by atoms with Crippen LogP contribution < -0.4 is 0 Å². The zero-order chi connectivity index (χ0) is 20.4. The van der Waals surface area contributed by atoms with Crippen molar-refractivity contribution in [3.05, 3.63) is 38.9 Å². The average Bonchev–Trinajstić information content (AvgIpc) is 2.54. The minimum atomic E-state index is -0.540. The van der Waals surface area contributed by atoms with Gasteiger partial charge in [-0.25, -0.2) is 4.79 Å². The fraction of sp³-hybridized carbons (Fsp3) is 0.579. The van der Waals surface area contributed by atoms with Gasteiger partial charge in [0.2, 0.25) is 0 Å². The standard InChI is InChI=1S/C19H26N4O4/c1-13-11-21(6-7-22(13)18(24)27-19(3,4)5)12-16-8-15(10-20)9-17(14(16)2)23(25)26/h8-9,13H,6-7,11-12H2,1-5H3. The lowest BCUT2D eigenvalue weighted by Crippen LogP contribution is -2.54. The van der Waals surface area contributed by atoms with E-state index >= 15 is 0 Å². The van der Waals surface area contributed by atoms with Gasteiger partial charge in [0.15, 0.2) is 0 Å². The van der Waals surface area contributed by atoms with Crippen molar-refractivity contribution < 1.29 is 14.5 Å². The van der Waals surface area contributed by atoms with Crippen LogP contribution in [0.25, 0.3) is 0 Å². The predicted molar refractivity (Wildman–Crippen MR) is 100 cm³/mol. The molecule has 8 nitrogen and oxygen atoms in total. The summed E-state index contributed by atoms with van der Waals surface area (Å²) in [6.45, 7) is 11.4. The molecule has 0 aromatic heterocycles. The molecule has 8 heteroatoms. The summed E-state index contributed by atoms with van der Waals surface area (Å²) in [6, 6.07) is 4.96. The molecule has 1 aromatic rings. The first-order valence-corrected chi connectivity index (χ1v) is 8.92. The smallest absolute Gasteiger partial charge is 0.410 e. The molecule has 0 spiro atoms. The Bertz CT molecular complexity index is 779. The number of piperazine rings is 1. The summed E-state index contributed by atoms with van der Waals surface area (Å²) in [5, 5.41) is 20.4. The predicted octanol–water partition coefficient (Wildman–Crippen LogP) is 3.22. The molecule has 146 valence electrons. The summed E-state index contributed by atoms with van der Waals surface area (Å²) in [6.07, 6.45) is -0.326. The van der Waals surface area contributed by atoms with E-state index in [1.165, 1.54) is 6.07 Å². The van der Waals surface area contributed by atoms with Crippen LogP contribution in [0.5, 0.6) is 0 Å². The van der Waals surface area contributed by atoms with Crippen molar-refractivity contribution in [1.82, 2.24) is 9.80 Å². The van der Waals surface area contributed by atoms with E-state index in [0.717, 1.165) is 5.56 Å². The molecule has 1 aromatic carbocycles. The first-order valence-electron chi connectivity index (χ1n) is 8.92. The van der Waals surface area contributed by atoms with Crippen LogP contribution in [-0.2, 0) is 11.3 Å². The van der Waals surface area contributed by atoms with Crippen LogP contribution in [0, 0.1) is 28.4 Å². The molecule has 1 aliphatic rings. The fourth-order valence-electron chi connectivity index (χ4n) is 3.19. The van der Waals surface area contributed by atoms with Crippen LogP contribution in [-0.4, -0.2) is 52.1 Å². The largest absolute Gasteiger partial charge is 0.444 e. The van der Waals surface area contributed by atoms with Gasteiger partial charge in [-0.3, -0.25) is 15.0 Å². The lowest BCUT2D eigenvalue weighted by Gasteiger charge is -2.40. The maximum absolute atomic E-state index is 12.3. The van der Waals surface area contributed by atoms with E-state index in [-0.39, 0.29) is 23.4 Å². The van der Waals surface area contributed by atoms with Crippen LogP contribution in [0.3, 0.4) is 0 Å². The zero-order valence-corrected chi connectivity index (χ0v) is 16.5. The van der Waals surface area contributed by atoms with E-state index in [0.29, 0.717) is 31.7 Å². The van der Waals surface area contributed by atoms with E-state index in [1.54, 1.807) is 17.9 Å². The number of benzene rings is 1. The number of nitro groups is 1. The summed E-state index contributed by atoms with van der Waals surface area (Å²) in [5.74, 6) is 0. The Hall–Kier alpha value is -2.66. The molecule has 0 saturated carbocycles. The van der Waals surface area contributed by atoms with Crippen LogP contribution >= 0.6 is 0 Å². The number of nitro benzene ring substituents is 1. The Morgan fingerprint density at radius 1 is 1.41 bits per heavy atom. The molecule has 2 rings (SSSR count). The Morgan fingerprint density at radius 3 is 2.59 bits per heavy atom. The fourth-order valence-corrected chi connectivity index (χ4v) is 3.19. The number of amides is 1. The molecule has 1 heterocycles. The van der Waals surface area contributed by atoms with Crippen molar-refractivity contribution in [3.8, 4) is 6.07 Å². The molecule has 0 aliphatic carbocycles. The van der Waals surface area contributed by atoms with E-state index in [2.05, 4.69) is 4.90 Å². The highest BCUT2D eigenvalue weighted by atomic mass is 16.6. The minimum Gasteiger partial charge on any atom is -0.444 e. The van der Waals surface area contributed by atoms with Crippen molar-refractivity contribution in [2.24, 2.45) is 0 Å². The maximum Gasteiger partial charge on any atom is 0.410 e. The minimum absolute atomic E-state index is 0.0375. The molecule has 1 fully saturated rings. The van der Waals surface area contributed by atoms with E-state index in [1.807, 2.05) is 33.8 Å². The molecule has 1 amide bonds. The zero-order valence-electron chi connectivity index (χ0n) is 16.5. The van der Waals surface area contributed by atoms with Crippen LogP contribution in [0.15, 0.2) is 12.1 Å². The van der Waals surface area contributed by atoms with E-state index < -0.39 is 10.5 Å². The SMILES string of the molecule is Cc1c(CN2CCN(C(=O)OC(C)(C)C)C(C)C2)cc(C#N)cc1[N+](=O)[O-]. The number of ether oxygens (including phenoxy) is 1. The van der Waals surface area contributed by atoms with Gasteiger partial charge < -0.3 is 9.64 Å². The number of hydrogen-bond donors (Lipinski definition) is 0. The number of hydrogen-bond acceptors (Lipinski definition) is 6. The maximum atomic E-state index is 12.3. The molecule has 1 atom stereocenters. The summed E-state index contributed by atoms with van der Waals surface area (Å²) in [5.41, 5.74) is 1.04. The van der Waals surface area contributed by atoms with Gasteiger partial charge in [-0.1, -0.05) is 0 Å².